The molecule has 0 aliphatic carbocycles. The van der Waals surface area contributed by atoms with Gasteiger partial charge in [0.2, 0.25) is 5.91 Å². The lowest BCUT2D eigenvalue weighted by atomic mass is 9.86. The van der Waals surface area contributed by atoms with Crippen LogP contribution in [0, 0.1) is 11.8 Å². The third-order valence-electron chi connectivity index (χ3n) is 4.14. The van der Waals surface area contributed by atoms with Crippen LogP contribution >= 0.6 is 0 Å². The van der Waals surface area contributed by atoms with Crippen molar-refractivity contribution in [3.63, 3.8) is 0 Å². The normalized spacial score (nSPS) is 39.5. The Morgan fingerprint density at radius 1 is 1.40 bits per heavy atom. The number of hydrogen-bond acceptors (Lipinski definition) is 3. The Labute approximate surface area is 89.6 Å². The van der Waals surface area contributed by atoms with E-state index in [1.165, 1.54) is 12.8 Å². The molecule has 0 aromatic carbocycles. The van der Waals surface area contributed by atoms with Gasteiger partial charge in [0.25, 0.3) is 0 Å². The van der Waals surface area contributed by atoms with Gasteiger partial charge in [-0.1, -0.05) is 0 Å². The van der Waals surface area contributed by atoms with Crippen molar-refractivity contribution in [3.8, 4) is 0 Å². The summed E-state index contributed by atoms with van der Waals surface area (Å²) in [5, 5.41) is 12.4. The number of carbonyl (C=O) groups is 1. The molecule has 3 heterocycles. The minimum absolute atomic E-state index is 0.221. The van der Waals surface area contributed by atoms with Crippen molar-refractivity contribution in [2.45, 2.75) is 31.3 Å². The maximum atomic E-state index is 12.1. The monoisotopic (exact) mass is 210 g/mol. The summed E-state index contributed by atoms with van der Waals surface area (Å²) in [6.45, 7) is 1.76. The number of rotatable bonds is 2. The Kier molecular flexibility index (Phi) is 2.21. The van der Waals surface area contributed by atoms with Crippen molar-refractivity contribution in [2.24, 2.45) is 11.8 Å². The number of likely N-dealkylation sites (tertiary alicyclic amines) is 1. The zero-order valence-electron chi connectivity index (χ0n) is 8.85. The number of fused-ring (bicyclic) bond motifs is 2. The number of amides is 1. The molecule has 84 valence electrons. The molecular formula is C11H18N2O2. The van der Waals surface area contributed by atoms with E-state index in [9.17, 15) is 4.79 Å². The first-order valence-corrected chi connectivity index (χ1v) is 5.93. The second kappa shape index (κ2) is 3.46. The lowest BCUT2D eigenvalue weighted by molar-refractivity contribution is -0.143. The molecule has 1 amide bonds. The number of aliphatic hydroxyl groups excluding tert-OH is 1. The second-order valence-corrected chi connectivity index (χ2v) is 5.18. The smallest absolute Gasteiger partial charge is 0.227 e. The van der Waals surface area contributed by atoms with Gasteiger partial charge in [0.1, 0.15) is 0 Å². The molecule has 4 nitrogen and oxygen atoms in total. The highest BCUT2D eigenvalue weighted by molar-refractivity contribution is 5.81. The van der Waals surface area contributed by atoms with Crippen LogP contribution in [0.25, 0.3) is 0 Å². The molecule has 0 aromatic rings. The molecule has 4 heteroatoms. The van der Waals surface area contributed by atoms with E-state index < -0.39 is 0 Å². The number of carbonyl (C=O) groups excluding carboxylic acids is 1. The number of nitrogens with zero attached hydrogens (tertiary/aromatic N) is 1. The van der Waals surface area contributed by atoms with E-state index in [1.807, 2.05) is 4.90 Å². The van der Waals surface area contributed by atoms with Crippen molar-refractivity contribution in [1.82, 2.24) is 10.2 Å². The molecule has 0 spiro atoms. The van der Waals surface area contributed by atoms with Crippen molar-refractivity contribution in [1.29, 1.82) is 0 Å². The first kappa shape index (κ1) is 9.60. The van der Waals surface area contributed by atoms with Gasteiger partial charge in [-0.25, -0.2) is 0 Å². The molecule has 0 saturated carbocycles. The van der Waals surface area contributed by atoms with E-state index in [0.29, 0.717) is 23.9 Å². The molecule has 3 aliphatic heterocycles. The van der Waals surface area contributed by atoms with Crippen molar-refractivity contribution in [3.05, 3.63) is 0 Å². The van der Waals surface area contributed by atoms with Crippen molar-refractivity contribution >= 4 is 5.91 Å². The summed E-state index contributed by atoms with van der Waals surface area (Å²) < 4.78 is 0. The molecule has 3 fully saturated rings. The van der Waals surface area contributed by atoms with Crippen LogP contribution in [0.3, 0.4) is 0 Å². The van der Waals surface area contributed by atoms with Crippen LogP contribution in [-0.2, 0) is 4.79 Å². The Hall–Kier alpha value is -0.610. The SMILES string of the molecule is O=C(C1CC2CCC1N2)N1CC(CO)C1. The molecule has 2 bridgehead atoms. The Balaban J connectivity index is 1.57. The lowest BCUT2D eigenvalue weighted by Crippen LogP contribution is -2.54. The summed E-state index contributed by atoms with van der Waals surface area (Å²) in [4.78, 5) is 14.0. The van der Waals surface area contributed by atoms with Crippen LogP contribution in [-0.4, -0.2) is 47.7 Å². The van der Waals surface area contributed by atoms with Crippen LogP contribution < -0.4 is 5.32 Å². The summed E-state index contributed by atoms with van der Waals surface area (Å²) in [6.07, 6.45) is 3.44. The lowest BCUT2D eigenvalue weighted by Gasteiger charge is -2.40. The van der Waals surface area contributed by atoms with E-state index in [0.717, 1.165) is 19.5 Å². The highest BCUT2D eigenvalue weighted by Gasteiger charge is 2.45. The third-order valence-corrected chi connectivity index (χ3v) is 4.14. The number of hydrogen-bond donors (Lipinski definition) is 2. The molecule has 3 aliphatic rings. The van der Waals surface area contributed by atoms with Gasteiger partial charge in [-0.15, -0.1) is 0 Å². The largest absolute Gasteiger partial charge is 0.396 e. The zero-order chi connectivity index (χ0) is 10.4. The van der Waals surface area contributed by atoms with E-state index in [1.54, 1.807) is 0 Å². The molecule has 3 unspecified atom stereocenters. The van der Waals surface area contributed by atoms with Gasteiger partial charge in [-0.2, -0.15) is 0 Å². The summed E-state index contributed by atoms with van der Waals surface area (Å²) >= 11 is 0. The molecular weight excluding hydrogens is 192 g/mol. The van der Waals surface area contributed by atoms with Gasteiger partial charge >= 0.3 is 0 Å². The molecule has 3 atom stereocenters. The predicted octanol–water partition coefficient (Wildman–Crippen LogP) is -0.422. The molecule has 0 aromatic heterocycles. The maximum absolute atomic E-state index is 12.1. The topological polar surface area (TPSA) is 52.6 Å². The van der Waals surface area contributed by atoms with Crippen molar-refractivity contribution < 1.29 is 9.90 Å². The number of aliphatic hydroxyl groups is 1. The van der Waals surface area contributed by atoms with Gasteiger partial charge in [0, 0.05) is 37.7 Å². The van der Waals surface area contributed by atoms with Crippen LogP contribution in [0.2, 0.25) is 0 Å². The number of nitrogens with one attached hydrogen (secondary N) is 1. The summed E-state index contributed by atoms with van der Waals surface area (Å²) in [6, 6.07) is 1.04. The van der Waals surface area contributed by atoms with E-state index in [-0.39, 0.29) is 12.5 Å². The van der Waals surface area contributed by atoms with Crippen LogP contribution in [0.4, 0.5) is 0 Å². The highest BCUT2D eigenvalue weighted by Crippen LogP contribution is 2.35. The minimum atomic E-state index is 0.221. The van der Waals surface area contributed by atoms with Crippen LogP contribution in [0.5, 0.6) is 0 Å². The average Bonchev–Trinajstić information content (AvgIpc) is 2.76. The van der Waals surface area contributed by atoms with E-state index in [4.69, 9.17) is 5.11 Å². The quantitative estimate of drug-likeness (QED) is 0.651. The Morgan fingerprint density at radius 3 is 2.73 bits per heavy atom. The Morgan fingerprint density at radius 2 is 2.20 bits per heavy atom. The first-order chi connectivity index (χ1) is 7.28. The van der Waals surface area contributed by atoms with Gasteiger partial charge in [0.05, 0.1) is 5.92 Å². The third kappa shape index (κ3) is 1.47. The van der Waals surface area contributed by atoms with Crippen LogP contribution in [0.1, 0.15) is 19.3 Å². The standard InChI is InChI=1S/C11H18N2O2/c14-6-7-4-13(5-7)11(15)9-3-8-1-2-10(9)12-8/h7-10,12,14H,1-6H2. The van der Waals surface area contributed by atoms with Gasteiger partial charge in [-0.3, -0.25) is 4.79 Å². The fourth-order valence-corrected chi connectivity index (χ4v) is 3.20. The average molecular weight is 210 g/mol. The minimum Gasteiger partial charge on any atom is -0.396 e. The molecule has 3 rings (SSSR count). The molecule has 0 radical (unpaired) electrons. The molecule has 15 heavy (non-hydrogen) atoms. The highest BCUT2D eigenvalue weighted by atomic mass is 16.3. The van der Waals surface area contributed by atoms with Crippen LogP contribution in [0.15, 0.2) is 0 Å². The van der Waals surface area contributed by atoms with E-state index >= 15 is 0 Å². The van der Waals surface area contributed by atoms with Gasteiger partial charge < -0.3 is 15.3 Å². The maximum Gasteiger partial charge on any atom is 0.227 e. The molecule has 3 saturated heterocycles. The van der Waals surface area contributed by atoms with Gasteiger partial charge in [0.15, 0.2) is 0 Å². The molecule has 2 N–H and O–H groups in total. The summed E-state index contributed by atoms with van der Waals surface area (Å²) in [5.41, 5.74) is 0. The Bertz CT molecular complexity index is 276. The fourth-order valence-electron chi connectivity index (χ4n) is 3.20. The summed E-state index contributed by atoms with van der Waals surface area (Å²) in [7, 11) is 0. The first-order valence-electron chi connectivity index (χ1n) is 5.93. The second-order valence-electron chi connectivity index (χ2n) is 5.18. The predicted molar refractivity (Wildman–Crippen MR) is 55.2 cm³/mol. The van der Waals surface area contributed by atoms with Crippen molar-refractivity contribution in [2.75, 3.05) is 19.7 Å². The summed E-state index contributed by atoms with van der Waals surface area (Å²) in [5.74, 6) is 0.878. The van der Waals surface area contributed by atoms with Gasteiger partial charge in [-0.05, 0) is 19.3 Å². The zero-order valence-corrected chi connectivity index (χ0v) is 8.85. The fraction of sp³-hybridized carbons (Fsp3) is 0.909. The van der Waals surface area contributed by atoms with E-state index in [2.05, 4.69) is 5.32 Å².